The predicted molar refractivity (Wildman–Crippen MR) is 81.4 cm³/mol. The van der Waals surface area contributed by atoms with Crippen LogP contribution in [0.2, 0.25) is 0 Å². The Labute approximate surface area is 111 Å². The smallest absolute Gasteiger partial charge is 0.0974 e. The SMILES string of the molecule is CCNc1sc2ccccc2c1-c1ccccc1. The van der Waals surface area contributed by atoms with Crippen LogP contribution < -0.4 is 5.32 Å². The maximum atomic E-state index is 3.48. The normalized spacial score (nSPS) is 10.7. The van der Waals surface area contributed by atoms with Gasteiger partial charge in [-0.3, -0.25) is 0 Å². The Morgan fingerprint density at radius 1 is 0.944 bits per heavy atom. The molecule has 0 radical (unpaired) electrons. The van der Waals surface area contributed by atoms with Crippen LogP contribution in [-0.2, 0) is 0 Å². The molecule has 1 aromatic heterocycles. The van der Waals surface area contributed by atoms with Gasteiger partial charge in [-0.1, -0.05) is 48.5 Å². The highest BCUT2D eigenvalue weighted by Gasteiger charge is 2.12. The van der Waals surface area contributed by atoms with Gasteiger partial charge in [-0.05, 0) is 18.6 Å². The number of anilines is 1. The molecule has 0 amide bonds. The molecule has 0 unspecified atom stereocenters. The summed E-state index contributed by atoms with van der Waals surface area (Å²) in [4.78, 5) is 0. The first-order chi connectivity index (χ1) is 8.90. The lowest BCUT2D eigenvalue weighted by Gasteiger charge is -2.05. The van der Waals surface area contributed by atoms with Gasteiger partial charge in [0.05, 0.1) is 5.00 Å². The summed E-state index contributed by atoms with van der Waals surface area (Å²) in [6, 6.07) is 19.2. The molecular weight excluding hydrogens is 238 g/mol. The van der Waals surface area contributed by atoms with E-state index in [0.29, 0.717) is 0 Å². The summed E-state index contributed by atoms with van der Waals surface area (Å²) in [7, 11) is 0. The zero-order chi connectivity index (χ0) is 12.4. The van der Waals surface area contributed by atoms with E-state index in [-0.39, 0.29) is 0 Å². The van der Waals surface area contributed by atoms with Gasteiger partial charge in [0.1, 0.15) is 0 Å². The van der Waals surface area contributed by atoms with Crippen molar-refractivity contribution in [2.75, 3.05) is 11.9 Å². The summed E-state index contributed by atoms with van der Waals surface area (Å²) < 4.78 is 1.34. The number of fused-ring (bicyclic) bond motifs is 1. The largest absolute Gasteiger partial charge is 0.377 e. The Morgan fingerprint density at radius 3 is 2.44 bits per heavy atom. The van der Waals surface area contributed by atoms with Crippen LogP contribution in [0.25, 0.3) is 21.2 Å². The molecule has 18 heavy (non-hydrogen) atoms. The summed E-state index contributed by atoms with van der Waals surface area (Å²) in [6.07, 6.45) is 0. The number of rotatable bonds is 3. The van der Waals surface area contributed by atoms with E-state index in [1.165, 1.54) is 26.2 Å². The number of nitrogens with one attached hydrogen (secondary N) is 1. The Kier molecular flexibility index (Phi) is 3.03. The first-order valence-electron chi connectivity index (χ1n) is 6.21. The van der Waals surface area contributed by atoms with Gasteiger partial charge in [0.25, 0.3) is 0 Å². The van der Waals surface area contributed by atoms with E-state index in [1.54, 1.807) is 0 Å². The van der Waals surface area contributed by atoms with E-state index < -0.39 is 0 Å². The van der Waals surface area contributed by atoms with Crippen LogP contribution in [0.4, 0.5) is 5.00 Å². The summed E-state index contributed by atoms with van der Waals surface area (Å²) in [5.74, 6) is 0. The van der Waals surface area contributed by atoms with Crippen LogP contribution in [0.3, 0.4) is 0 Å². The molecule has 0 bridgehead atoms. The van der Waals surface area contributed by atoms with Crippen LogP contribution in [-0.4, -0.2) is 6.54 Å². The average Bonchev–Trinajstić information content (AvgIpc) is 2.78. The predicted octanol–water partition coefficient (Wildman–Crippen LogP) is 5.00. The van der Waals surface area contributed by atoms with Gasteiger partial charge < -0.3 is 5.32 Å². The van der Waals surface area contributed by atoms with Gasteiger partial charge in [0.15, 0.2) is 0 Å². The minimum Gasteiger partial charge on any atom is -0.377 e. The number of hydrogen-bond donors (Lipinski definition) is 1. The molecular formula is C16H15NS. The second kappa shape index (κ2) is 4.83. The molecule has 0 fully saturated rings. The molecule has 1 heterocycles. The first-order valence-corrected chi connectivity index (χ1v) is 7.02. The van der Waals surface area contributed by atoms with Crippen LogP contribution >= 0.6 is 11.3 Å². The van der Waals surface area contributed by atoms with E-state index in [0.717, 1.165) is 6.54 Å². The zero-order valence-electron chi connectivity index (χ0n) is 10.3. The van der Waals surface area contributed by atoms with Crippen molar-refractivity contribution in [3.8, 4) is 11.1 Å². The van der Waals surface area contributed by atoms with E-state index in [9.17, 15) is 0 Å². The lowest BCUT2D eigenvalue weighted by atomic mass is 10.0. The summed E-state index contributed by atoms with van der Waals surface area (Å²) in [5, 5.41) is 6.09. The minimum atomic E-state index is 0.951. The van der Waals surface area contributed by atoms with E-state index in [2.05, 4.69) is 66.8 Å². The van der Waals surface area contributed by atoms with Crippen molar-refractivity contribution in [3.63, 3.8) is 0 Å². The molecule has 1 nitrogen and oxygen atoms in total. The molecule has 0 aliphatic heterocycles. The Balaban J connectivity index is 2.28. The zero-order valence-corrected chi connectivity index (χ0v) is 11.1. The third-order valence-corrected chi connectivity index (χ3v) is 4.12. The highest BCUT2D eigenvalue weighted by molar-refractivity contribution is 7.23. The van der Waals surface area contributed by atoms with Crippen molar-refractivity contribution < 1.29 is 0 Å². The summed E-state index contributed by atoms with van der Waals surface area (Å²) >= 11 is 1.83. The van der Waals surface area contributed by atoms with Gasteiger partial charge in [-0.25, -0.2) is 0 Å². The van der Waals surface area contributed by atoms with Crippen LogP contribution in [0.5, 0.6) is 0 Å². The lowest BCUT2D eigenvalue weighted by molar-refractivity contribution is 1.23. The third-order valence-electron chi connectivity index (χ3n) is 3.00. The van der Waals surface area contributed by atoms with E-state index in [4.69, 9.17) is 0 Å². The molecule has 90 valence electrons. The lowest BCUT2D eigenvalue weighted by Crippen LogP contribution is -1.95. The molecule has 3 rings (SSSR count). The van der Waals surface area contributed by atoms with Crippen molar-refractivity contribution in [1.29, 1.82) is 0 Å². The van der Waals surface area contributed by atoms with Crippen LogP contribution in [0.1, 0.15) is 6.92 Å². The second-order valence-corrected chi connectivity index (χ2v) is 5.25. The highest BCUT2D eigenvalue weighted by Crippen LogP contribution is 2.42. The molecule has 0 aliphatic rings. The molecule has 3 aromatic rings. The number of benzene rings is 2. The fraction of sp³-hybridized carbons (Fsp3) is 0.125. The van der Waals surface area contributed by atoms with Gasteiger partial charge in [-0.15, -0.1) is 11.3 Å². The monoisotopic (exact) mass is 253 g/mol. The van der Waals surface area contributed by atoms with Gasteiger partial charge >= 0.3 is 0 Å². The Bertz CT molecular complexity index is 655. The molecule has 0 aliphatic carbocycles. The summed E-state index contributed by atoms with van der Waals surface area (Å²) in [5.41, 5.74) is 2.61. The maximum absolute atomic E-state index is 3.48. The maximum Gasteiger partial charge on any atom is 0.0974 e. The minimum absolute atomic E-state index is 0.951. The van der Waals surface area contributed by atoms with Crippen molar-refractivity contribution in [3.05, 3.63) is 54.6 Å². The molecule has 0 atom stereocenters. The van der Waals surface area contributed by atoms with Crippen molar-refractivity contribution >= 4 is 26.4 Å². The Morgan fingerprint density at radius 2 is 1.67 bits per heavy atom. The Hall–Kier alpha value is -1.80. The number of hydrogen-bond acceptors (Lipinski definition) is 2. The molecule has 2 heteroatoms. The van der Waals surface area contributed by atoms with Gasteiger partial charge in [-0.2, -0.15) is 0 Å². The van der Waals surface area contributed by atoms with Crippen LogP contribution in [0, 0.1) is 0 Å². The van der Waals surface area contributed by atoms with E-state index in [1.807, 2.05) is 11.3 Å². The average molecular weight is 253 g/mol. The standard InChI is InChI=1S/C16H15NS/c1-2-17-16-15(12-8-4-3-5-9-12)13-10-6-7-11-14(13)18-16/h3-11,17H,2H2,1H3. The molecule has 0 saturated carbocycles. The van der Waals surface area contributed by atoms with Crippen molar-refractivity contribution in [1.82, 2.24) is 0 Å². The first kappa shape index (κ1) is 11.3. The fourth-order valence-electron chi connectivity index (χ4n) is 2.22. The third kappa shape index (κ3) is 1.89. The summed E-state index contributed by atoms with van der Waals surface area (Å²) in [6.45, 7) is 3.09. The highest BCUT2D eigenvalue weighted by atomic mass is 32.1. The van der Waals surface area contributed by atoms with Gasteiger partial charge in [0.2, 0.25) is 0 Å². The molecule has 1 N–H and O–H groups in total. The molecule has 2 aromatic carbocycles. The molecule has 0 saturated heterocycles. The topological polar surface area (TPSA) is 12.0 Å². The van der Waals surface area contributed by atoms with Crippen LogP contribution in [0.15, 0.2) is 54.6 Å². The molecule has 0 spiro atoms. The number of thiophene rings is 1. The van der Waals surface area contributed by atoms with Gasteiger partial charge in [0, 0.05) is 22.2 Å². The van der Waals surface area contributed by atoms with E-state index >= 15 is 0 Å². The van der Waals surface area contributed by atoms with Crippen molar-refractivity contribution in [2.45, 2.75) is 6.92 Å². The quantitative estimate of drug-likeness (QED) is 0.692. The van der Waals surface area contributed by atoms with Crippen molar-refractivity contribution in [2.24, 2.45) is 0 Å². The second-order valence-electron chi connectivity index (χ2n) is 4.20. The fourth-order valence-corrected chi connectivity index (χ4v) is 3.41.